The van der Waals surface area contributed by atoms with Gasteiger partial charge in [0, 0.05) is 0 Å². The highest BCUT2D eigenvalue weighted by Crippen LogP contribution is 2.44. The molecule has 4 aromatic rings. The summed E-state index contributed by atoms with van der Waals surface area (Å²) in [7, 11) is 0. The number of amides is 1. The lowest BCUT2D eigenvalue weighted by atomic mass is 9.95. The van der Waals surface area contributed by atoms with Gasteiger partial charge in [-0.25, -0.2) is 4.98 Å². The molecule has 2 heterocycles. The normalized spacial score (nSPS) is 15.5. The van der Waals surface area contributed by atoms with Crippen LogP contribution in [0.2, 0.25) is 0 Å². The zero-order valence-electron chi connectivity index (χ0n) is 21.7. The molecule has 0 saturated heterocycles. The number of aliphatic hydroxyl groups excluding tert-OH is 1. The van der Waals surface area contributed by atoms with Gasteiger partial charge in [-0.2, -0.15) is 0 Å². The maximum Gasteiger partial charge on any atom is 0.296 e. The molecule has 7 nitrogen and oxygen atoms in total. The Bertz CT molecular complexity index is 1560. The van der Waals surface area contributed by atoms with Gasteiger partial charge >= 0.3 is 0 Å². The predicted molar refractivity (Wildman–Crippen MR) is 153 cm³/mol. The maximum atomic E-state index is 13.5. The number of carbonyl (C=O) groups is 2. The second-order valence-electron chi connectivity index (χ2n) is 8.92. The Morgan fingerprint density at radius 3 is 2.49 bits per heavy atom. The van der Waals surface area contributed by atoms with Crippen LogP contribution in [0.15, 0.2) is 90.2 Å². The highest BCUT2D eigenvalue weighted by atomic mass is 32.1. The molecule has 1 aliphatic heterocycles. The molecule has 1 atom stereocenters. The van der Waals surface area contributed by atoms with Crippen LogP contribution in [0.3, 0.4) is 0 Å². The molecule has 1 N–H and O–H groups in total. The highest BCUT2D eigenvalue weighted by Gasteiger charge is 2.45. The van der Waals surface area contributed by atoms with Crippen molar-refractivity contribution in [3.63, 3.8) is 0 Å². The summed E-state index contributed by atoms with van der Waals surface area (Å²) in [6.07, 6.45) is 3.93. The van der Waals surface area contributed by atoms with Crippen molar-refractivity contribution in [2.24, 2.45) is 0 Å². The van der Waals surface area contributed by atoms with Gasteiger partial charge < -0.3 is 14.6 Å². The van der Waals surface area contributed by atoms with E-state index in [4.69, 9.17) is 9.47 Å². The average molecular weight is 541 g/mol. The van der Waals surface area contributed by atoms with Crippen LogP contribution in [-0.4, -0.2) is 35.0 Å². The molecule has 1 unspecified atom stereocenters. The molecule has 0 saturated carbocycles. The quantitative estimate of drug-likeness (QED) is 0.226. The summed E-state index contributed by atoms with van der Waals surface area (Å²) >= 11 is 1.30. The molecule has 198 valence electrons. The van der Waals surface area contributed by atoms with E-state index in [1.807, 2.05) is 74.5 Å². The first-order valence-electron chi connectivity index (χ1n) is 12.8. The smallest absolute Gasteiger partial charge is 0.296 e. The zero-order chi connectivity index (χ0) is 27.4. The number of ether oxygens (including phenoxy) is 2. The zero-order valence-corrected chi connectivity index (χ0v) is 22.5. The number of rotatable bonds is 10. The van der Waals surface area contributed by atoms with Gasteiger partial charge in [0.15, 0.2) is 16.7 Å². The first-order chi connectivity index (χ1) is 19.0. The molecule has 8 heteroatoms. The lowest BCUT2D eigenvalue weighted by Gasteiger charge is -2.24. The van der Waals surface area contributed by atoms with Crippen molar-refractivity contribution in [2.75, 3.05) is 18.1 Å². The topological polar surface area (TPSA) is 89.0 Å². The standard InChI is InChI=1S/C31H28N2O5S/c1-3-18-38-22-13-11-21(12-14-22)28-27(25(34)17-10-20-8-6-5-7-9-20)29(35)30(36)33(28)31-32-24-16-15-23(37-4-2)19-26(24)39-31/h5-17,19,28,35H,3-4,18H2,1-2H3/b17-10+. The molecule has 3 aromatic carbocycles. The van der Waals surface area contributed by atoms with Crippen molar-refractivity contribution in [1.29, 1.82) is 0 Å². The number of aromatic nitrogens is 1. The summed E-state index contributed by atoms with van der Waals surface area (Å²) in [6.45, 7) is 5.05. The monoisotopic (exact) mass is 540 g/mol. The summed E-state index contributed by atoms with van der Waals surface area (Å²) in [6, 6.07) is 21.3. The van der Waals surface area contributed by atoms with E-state index >= 15 is 0 Å². The fourth-order valence-corrected chi connectivity index (χ4v) is 5.43. The lowest BCUT2D eigenvalue weighted by Crippen LogP contribution is -2.30. The van der Waals surface area contributed by atoms with Crippen molar-refractivity contribution in [3.8, 4) is 11.5 Å². The molecular weight excluding hydrogens is 512 g/mol. The second-order valence-corrected chi connectivity index (χ2v) is 9.93. The van der Waals surface area contributed by atoms with Crippen LogP contribution < -0.4 is 14.4 Å². The maximum absolute atomic E-state index is 13.5. The van der Waals surface area contributed by atoms with Gasteiger partial charge in [-0.1, -0.05) is 66.8 Å². The molecule has 0 radical (unpaired) electrons. The van der Waals surface area contributed by atoms with E-state index in [0.717, 1.165) is 16.7 Å². The number of fused-ring (bicyclic) bond motifs is 1. The number of aliphatic hydroxyl groups is 1. The Hall–Kier alpha value is -4.43. The third-order valence-corrected chi connectivity index (χ3v) is 7.25. The van der Waals surface area contributed by atoms with Gasteiger partial charge in [0.05, 0.1) is 35.0 Å². The molecule has 0 fully saturated rings. The molecule has 39 heavy (non-hydrogen) atoms. The van der Waals surface area contributed by atoms with Crippen molar-refractivity contribution < 1.29 is 24.2 Å². The summed E-state index contributed by atoms with van der Waals surface area (Å²) in [4.78, 5) is 33.1. The number of ketones is 1. The van der Waals surface area contributed by atoms with Crippen LogP contribution >= 0.6 is 11.3 Å². The predicted octanol–water partition coefficient (Wildman–Crippen LogP) is 6.67. The van der Waals surface area contributed by atoms with Gasteiger partial charge in [-0.3, -0.25) is 14.5 Å². The average Bonchev–Trinajstić information content (AvgIpc) is 3.49. The Kier molecular flexibility index (Phi) is 7.74. The van der Waals surface area contributed by atoms with Gasteiger partial charge in [0.25, 0.3) is 5.91 Å². The third-order valence-electron chi connectivity index (χ3n) is 6.23. The van der Waals surface area contributed by atoms with Crippen LogP contribution in [0.25, 0.3) is 16.3 Å². The van der Waals surface area contributed by atoms with E-state index in [2.05, 4.69) is 4.98 Å². The van der Waals surface area contributed by atoms with E-state index in [1.165, 1.54) is 22.3 Å². The minimum absolute atomic E-state index is 0.00340. The van der Waals surface area contributed by atoms with Crippen LogP contribution in [0.1, 0.15) is 37.4 Å². The number of nitrogens with zero attached hydrogens (tertiary/aromatic N) is 2. The first-order valence-corrected chi connectivity index (χ1v) is 13.6. The van der Waals surface area contributed by atoms with E-state index in [1.54, 1.807) is 18.2 Å². The Morgan fingerprint density at radius 1 is 1.03 bits per heavy atom. The number of benzene rings is 3. The van der Waals surface area contributed by atoms with Crippen molar-refractivity contribution >= 4 is 44.5 Å². The van der Waals surface area contributed by atoms with Crippen LogP contribution in [-0.2, 0) is 9.59 Å². The number of allylic oxidation sites excluding steroid dienone is 1. The van der Waals surface area contributed by atoms with Crippen molar-refractivity contribution in [3.05, 3.63) is 101 Å². The minimum Gasteiger partial charge on any atom is -0.503 e. The van der Waals surface area contributed by atoms with E-state index in [-0.39, 0.29) is 5.57 Å². The van der Waals surface area contributed by atoms with Gasteiger partial charge in [-0.05, 0) is 60.9 Å². The number of hydrogen-bond donors (Lipinski definition) is 1. The Morgan fingerprint density at radius 2 is 1.77 bits per heavy atom. The van der Waals surface area contributed by atoms with Crippen LogP contribution in [0.5, 0.6) is 11.5 Å². The Balaban J connectivity index is 1.56. The van der Waals surface area contributed by atoms with Crippen LogP contribution in [0, 0.1) is 0 Å². The van der Waals surface area contributed by atoms with E-state index in [9.17, 15) is 14.7 Å². The molecule has 1 aromatic heterocycles. The minimum atomic E-state index is -0.863. The number of thiazole rings is 1. The van der Waals surface area contributed by atoms with Gasteiger partial charge in [0.2, 0.25) is 0 Å². The molecule has 0 bridgehead atoms. The highest BCUT2D eigenvalue weighted by molar-refractivity contribution is 7.22. The molecule has 0 spiro atoms. The number of hydrogen-bond acceptors (Lipinski definition) is 7. The lowest BCUT2D eigenvalue weighted by molar-refractivity contribution is -0.117. The SMILES string of the molecule is CCCOc1ccc(C2C(C(=O)/C=C/c3ccccc3)=C(O)C(=O)N2c2nc3ccc(OCC)cc3s2)cc1. The second kappa shape index (κ2) is 11.5. The van der Waals surface area contributed by atoms with Crippen molar-refractivity contribution in [1.82, 2.24) is 4.98 Å². The fourth-order valence-electron chi connectivity index (χ4n) is 4.41. The summed E-state index contributed by atoms with van der Waals surface area (Å²) in [5, 5.41) is 11.4. The third kappa shape index (κ3) is 5.42. The van der Waals surface area contributed by atoms with Gasteiger partial charge in [-0.15, -0.1) is 0 Å². The molecule has 1 aliphatic rings. The Labute approximate surface area is 230 Å². The number of anilines is 1. The molecule has 0 aliphatic carbocycles. The van der Waals surface area contributed by atoms with Crippen molar-refractivity contribution in [2.45, 2.75) is 26.3 Å². The largest absolute Gasteiger partial charge is 0.503 e. The molecular formula is C31H28N2O5S. The van der Waals surface area contributed by atoms with Crippen LogP contribution in [0.4, 0.5) is 5.13 Å². The first kappa shape index (κ1) is 26.2. The summed E-state index contributed by atoms with van der Waals surface area (Å²) in [5.74, 6) is -0.321. The van der Waals surface area contributed by atoms with E-state index in [0.29, 0.717) is 40.9 Å². The van der Waals surface area contributed by atoms with Gasteiger partial charge in [0.1, 0.15) is 11.5 Å². The summed E-state index contributed by atoms with van der Waals surface area (Å²) < 4.78 is 12.2. The van der Waals surface area contributed by atoms with E-state index < -0.39 is 23.5 Å². The molecule has 5 rings (SSSR count). The fraction of sp³-hybridized carbons (Fsp3) is 0.194. The summed E-state index contributed by atoms with van der Waals surface area (Å²) in [5.41, 5.74) is 2.18. The molecule has 1 amide bonds. The number of carbonyl (C=O) groups excluding carboxylic acids is 2.